The van der Waals surface area contributed by atoms with Gasteiger partial charge in [-0.2, -0.15) is 5.10 Å². The maximum absolute atomic E-state index is 12.9. The molecule has 1 atom stereocenters. The molecule has 6 nitrogen and oxygen atoms in total. The van der Waals surface area contributed by atoms with Crippen molar-refractivity contribution in [2.24, 2.45) is 11.7 Å². The molecule has 0 bridgehead atoms. The molecule has 0 fully saturated rings. The minimum atomic E-state index is -0.575. The Morgan fingerprint density at radius 3 is 2.59 bits per heavy atom. The molecule has 0 unspecified atom stereocenters. The fraction of sp³-hybridized carbons (Fsp3) is 0.267. The molecule has 0 saturated heterocycles. The summed E-state index contributed by atoms with van der Waals surface area (Å²) in [5.74, 6) is -1.83. The number of hydrogen-bond acceptors (Lipinski definition) is 3. The molecule has 1 aromatic heterocycles. The van der Waals surface area contributed by atoms with E-state index < -0.39 is 11.8 Å². The zero-order valence-electron chi connectivity index (χ0n) is 12.1. The first kappa shape index (κ1) is 15.7. The van der Waals surface area contributed by atoms with Crippen molar-refractivity contribution >= 4 is 11.8 Å². The van der Waals surface area contributed by atoms with E-state index in [9.17, 15) is 14.0 Å². The summed E-state index contributed by atoms with van der Waals surface area (Å²) in [7, 11) is 0. The van der Waals surface area contributed by atoms with Gasteiger partial charge in [0.15, 0.2) is 0 Å². The summed E-state index contributed by atoms with van der Waals surface area (Å²) in [5, 5.41) is 9.13. The van der Waals surface area contributed by atoms with Crippen molar-refractivity contribution in [3.63, 3.8) is 0 Å². The number of aryl methyl sites for hydroxylation is 1. The summed E-state index contributed by atoms with van der Waals surface area (Å²) in [6.45, 7) is 1.88. The minimum Gasteiger partial charge on any atom is -0.369 e. The molecule has 2 rings (SSSR count). The second kappa shape index (κ2) is 6.84. The van der Waals surface area contributed by atoms with Crippen molar-refractivity contribution < 1.29 is 14.0 Å². The Morgan fingerprint density at radius 1 is 1.36 bits per heavy atom. The lowest BCUT2D eigenvalue weighted by Gasteiger charge is -2.14. The molecule has 2 amide bonds. The van der Waals surface area contributed by atoms with Crippen LogP contribution in [0.3, 0.4) is 0 Å². The van der Waals surface area contributed by atoms with Gasteiger partial charge in [-0.15, -0.1) is 0 Å². The quantitative estimate of drug-likeness (QED) is 0.740. The van der Waals surface area contributed by atoms with E-state index in [1.54, 1.807) is 25.1 Å². The smallest absolute Gasteiger partial charge is 0.271 e. The normalized spacial score (nSPS) is 11.9. The van der Waals surface area contributed by atoms with Crippen molar-refractivity contribution in [2.45, 2.75) is 13.3 Å². The molecule has 0 aliphatic rings. The number of nitrogens with two attached hydrogens (primary N) is 1. The largest absolute Gasteiger partial charge is 0.369 e. The molecule has 0 aliphatic carbocycles. The lowest BCUT2D eigenvalue weighted by atomic mass is 9.98. The van der Waals surface area contributed by atoms with E-state index in [1.807, 2.05) is 0 Å². The number of benzene rings is 1. The van der Waals surface area contributed by atoms with E-state index in [1.165, 1.54) is 12.1 Å². The summed E-state index contributed by atoms with van der Waals surface area (Å²) in [6, 6.07) is 7.42. The maximum Gasteiger partial charge on any atom is 0.271 e. The van der Waals surface area contributed by atoms with Crippen molar-refractivity contribution in [1.29, 1.82) is 0 Å². The van der Waals surface area contributed by atoms with E-state index in [0.29, 0.717) is 6.42 Å². The van der Waals surface area contributed by atoms with E-state index in [-0.39, 0.29) is 24.0 Å². The third-order valence-corrected chi connectivity index (χ3v) is 3.25. The van der Waals surface area contributed by atoms with E-state index >= 15 is 0 Å². The summed E-state index contributed by atoms with van der Waals surface area (Å²) < 4.78 is 12.9. The van der Waals surface area contributed by atoms with Gasteiger partial charge in [0, 0.05) is 12.2 Å². The highest BCUT2D eigenvalue weighted by Gasteiger charge is 2.18. The molecular weight excluding hydrogens is 287 g/mol. The Morgan fingerprint density at radius 2 is 2.05 bits per heavy atom. The highest BCUT2D eigenvalue weighted by Crippen LogP contribution is 2.10. The van der Waals surface area contributed by atoms with E-state index in [0.717, 1.165) is 11.3 Å². The molecule has 116 valence electrons. The molecule has 0 aliphatic heterocycles. The number of hydrogen-bond donors (Lipinski definition) is 3. The molecule has 4 N–H and O–H groups in total. The number of carbonyl (C=O) groups is 2. The van der Waals surface area contributed by atoms with Gasteiger partial charge in [0.05, 0.1) is 5.92 Å². The SMILES string of the molecule is Cc1cc(C(=O)NC[C@H](Cc2ccc(F)cc2)C(N)=O)n[nH]1. The summed E-state index contributed by atoms with van der Waals surface area (Å²) in [5.41, 5.74) is 7.15. The highest BCUT2D eigenvalue weighted by atomic mass is 19.1. The van der Waals surface area contributed by atoms with Crippen LogP contribution in [0.5, 0.6) is 0 Å². The number of amides is 2. The molecule has 22 heavy (non-hydrogen) atoms. The number of halogens is 1. The van der Waals surface area contributed by atoms with Crippen LogP contribution in [0.15, 0.2) is 30.3 Å². The zero-order valence-corrected chi connectivity index (χ0v) is 12.1. The molecule has 0 saturated carbocycles. The van der Waals surface area contributed by atoms with Gasteiger partial charge in [-0.05, 0) is 37.1 Å². The van der Waals surface area contributed by atoms with Crippen molar-refractivity contribution in [2.75, 3.05) is 6.54 Å². The molecular formula is C15H17FN4O2. The summed E-state index contributed by atoms with van der Waals surface area (Å²) >= 11 is 0. The number of nitrogens with one attached hydrogen (secondary N) is 2. The monoisotopic (exact) mass is 304 g/mol. The molecule has 1 aromatic carbocycles. The zero-order chi connectivity index (χ0) is 16.1. The second-order valence-electron chi connectivity index (χ2n) is 5.08. The Bertz CT molecular complexity index is 666. The Labute approximate surface area is 126 Å². The van der Waals surface area contributed by atoms with Crippen LogP contribution in [0.1, 0.15) is 21.7 Å². The Balaban J connectivity index is 1.95. The first-order valence-corrected chi connectivity index (χ1v) is 6.79. The number of aromatic nitrogens is 2. The first-order chi connectivity index (χ1) is 10.5. The van der Waals surface area contributed by atoms with Gasteiger partial charge in [0.1, 0.15) is 11.5 Å². The van der Waals surface area contributed by atoms with Crippen LogP contribution in [0.2, 0.25) is 0 Å². The number of carbonyl (C=O) groups excluding carboxylic acids is 2. The number of aromatic amines is 1. The van der Waals surface area contributed by atoms with Gasteiger partial charge in [-0.3, -0.25) is 14.7 Å². The number of nitrogens with zero attached hydrogens (tertiary/aromatic N) is 1. The van der Waals surface area contributed by atoms with Gasteiger partial charge in [0.2, 0.25) is 5.91 Å². The molecule has 0 spiro atoms. The fourth-order valence-corrected chi connectivity index (χ4v) is 2.02. The van der Waals surface area contributed by atoms with Gasteiger partial charge >= 0.3 is 0 Å². The molecule has 1 heterocycles. The lowest BCUT2D eigenvalue weighted by molar-refractivity contribution is -0.121. The van der Waals surface area contributed by atoms with Crippen LogP contribution in [0, 0.1) is 18.7 Å². The highest BCUT2D eigenvalue weighted by molar-refractivity contribution is 5.92. The molecule has 0 radical (unpaired) electrons. The molecule has 7 heteroatoms. The Kier molecular flexibility index (Phi) is 4.88. The first-order valence-electron chi connectivity index (χ1n) is 6.79. The van der Waals surface area contributed by atoms with Crippen LogP contribution in [-0.2, 0) is 11.2 Å². The number of rotatable bonds is 6. The predicted molar refractivity (Wildman–Crippen MR) is 78.4 cm³/mol. The fourth-order valence-electron chi connectivity index (χ4n) is 2.02. The third kappa shape index (κ3) is 4.15. The van der Waals surface area contributed by atoms with Gasteiger partial charge in [-0.25, -0.2) is 4.39 Å². The number of primary amides is 1. The summed E-state index contributed by atoms with van der Waals surface area (Å²) in [6.07, 6.45) is 0.329. The van der Waals surface area contributed by atoms with Crippen LogP contribution in [0.4, 0.5) is 4.39 Å². The third-order valence-electron chi connectivity index (χ3n) is 3.25. The molecule has 2 aromatic rings. The standard InChI is InChI=1S/C15H17FN4O2/c1-9-6-13(20-19-9)15(22)18-8-11(14(17)21)7-10-2-4-12(16)5-3-10/h2-6,11H,7-8H2,1H3,(H2,17,21)(H,18,22)(H,19,20)/t11-/m0/s1. The van der Waals surface area contributed by atoms with Crippen LogP contribution in [-0.4, -0.2) is 28.6 Å². The van der Waals surface area contributed by atoms with Crippen molar-refractivity contribution in [3.8, 4) is 0 Å². The number of H-pyrrole nitrogens is 1. The van der Waals surface area contributed by atoms with Gasteiger partial charge in [0.25, 0.3) is 5.91 Å². The van der Waals surface area contributed by atoms with Gasteiger partial charge in [-0.1, -0.05) is 12.1 Å². The van der Waals surface area contributed by atoms with E-state index in [2.05, 4.69) is 15.5 Å². The minimum absolute atomic E-state index is 0.0947. The average Bonchev–Trinajstić information content (AvgIpc) is 2.91. The maximum atomic E-state index is 12.9. The van der Waals surface area contributed by atoms with E-state index in [4.69, 9.17) is 5.73 Å². The lowest BCUT2D eigenvalue weighted by Crippen LogP contribution is -2.37. The van der Waals surface area contributed by atoms with Crippen LogP contribution >= 0.6 is 0 Å². The van der Waals surface area contributed by atoms with Crippen molar-refractivity contribution in [3.05, 3.63) is 53.1 Å². The van der Waals surface area contributed by atoms with Crippen LogP contribution in [0.25, 0.3) is 0 Å². The Hall–Kier alpha value is -2.70. The van der Waals surface area contributed by atoms with Crippen LogP contribution < -0.4 is 11.1 Å². The predicted octanol–water partition coefficient (Wildman–Crippen LogP) is 0.931. The average molecular weight is 304 g/mol. The topological polar surface area (TPSA) is 101 Å². The van der Waals surface area contributed by atoms with Crippen molar-refractivity contribution in [1.82, 2.24) is 15.5 Å². The summed E-state index contributed by atoms with van der Waals surface area (Å²) in [4.78, 5) is 23.4. The second-order valence-corrected chi connectivity index (χ2v) is 5.08. The van der Waals surface area contributed by atoms with Gasteiger partial charge < -0.3 is 11.1 Å².